The maximum absolute atomic E-state index is 11.4. The van der Waals surface area contributed by atoms with E-state index in [1.54, 1.807) is 12.1 Å². The fourth-order valence-electron chi connectivity index (χ4n) is 2.28. The van der Waals surface area contributed by atoms with E-state index in [1.165, 1.54) is 18.4 Å². The molecule has 1 aromatic heterocycles. The molecule has 0 amide bonds. The molecule has 0 aliphatic heterocycles. The lowest BCUT2D eigenvalue weighted by molar-refractivity contribution is 0.169. The normalized spacial score (nSPS) is 14.6. The van der Waals surface area contributed by atoms with E-state index in [0.717, 1.165) is 5.56 Å². The Morgan fingerprint density at radius 1 is 1.30 bits per heavy atom. The SMILES string of the molecule is Cc1cnn(C[C@H](C)NC[C@@H](O)c2ccc(S(C)(=O)=O)cc2)c1. The maximum atomic E-state index is 11.4. The zero-order chi connectivity index (χ0) is 17.0. The Morgan fingerprint density at radius 2 is 1.96 bits per heavy atom. The first-order chi connectivity index (χ1) is 10.8. The quantitative estimate of drug-likeness (QED) is 0.796. The van der Waals surface area contributed by atoms with Crippen molar-refractivity contribution in [3.8, 4) is 0 Å². The molecule has 2 rings (SSSR count). The monoisotopic (exact) mass is 337 g/mol. The predicted octanol–water partition coefficient (Wildman–Crippen LogP) is 1.31. The smallest absolute Gasteiger partial charge is 0.175 e. The van der Waals surface area contributed by atoms with Crippen LogP contribution in [-0.4, -0.2) is 42.1 Å². The Labute approximate surface area is 137 Å². The lowest BCUT2D eigenvalue weighted by atomic mass is 10.1. The molecule has 1 aromatic carbocycles. The fourth-order valence-corrected chi connectivity index (χ4v) is 2.91. The van der Waals surface area contributed by atoms with Crippen molar-refractivity contribution in [1.82, 2.24) is 15.1 Å². The van der Waals surface area contributed by atoms with Gasteiger partial charge >= 0.3 is 0 Å². The predicted molar refractivity (Wildman–Crippen MR) is 88.9 cm³/mol. The maximum Gasteiger partial charge on any atom is 0.175 e. The number of aliphatic hydroxyl groups excluding tert-OH is 1. The molecule has 1 heterocycles. The first kappa shape index (κ1) is 17.7. The van der Waals surface area contributed by atoms with Crippen LogP contribution in [0, 0.1) is 6.92 Å². The largest absolute Gasteiger partial charge is 0.387 e. The second-order valence-corrected chi connectivity index (χ2v) is 7.92. The molecule has 126 valence electrons. The number of nitrogens with zero attached hydrogens (tertiary/aromatic N) is 2. The van der Waals surface area contributed by atoms with Gasteiger partial charge in [0.05, 0.1) is 23.7 Å². The summed E-state index contributed by atoms with van der Waals surface area (Å²) in [5.74, 6) is 0. The number of hydrogen-bond acceptors (Lipinski definition) is 5. The highest BCUT2D eigenvalue weighted by atomic mass is 32.2. The lowest BCUT2D eigenvalue weighted by Gasteiger charge is -2.17. The van der Waals surface area contributed by atoms with Gasteiger partial charge in [-0.05, 0) is 37.1 Å². The molecule has 0 radical (unpaired) electrons. The third kappa shape index (κ3) is 5.16. The minimum atomic E-state index is -3.21. The van der Waals surface area contributed by atoms with Crippen LogP contribution < -0.4 is 5.32 Å². The van der Waals surface area contributed by atoms with Gasteiger partial charge in [0, 0.05) is 25.0 Å². The number of aryl methyl sites for hydroxylation is 1. The van der Waals surface area contributed by atoms with Crippen LogP contribution in [-0.2, 0) is 16.4 Å². The first-order valence-electron chi connectivity index (χ1n) is 7.46. The average Bonchev–Trinajstić information content (AvgIpc) is 2.89. The molecule has 0 aliphatic carbocycles. The number of sulfone groups is 1. The van der Waals surface area contributed by atoms with Crippen molar-refractivity contribution >= 4 is 9.84 Å². The van der Waals surface area contributed by atoms with E-state index in [4.69, 9.17) is 0 Å². The van der Waals surface area contributed by atoms with E-state index < -0.39 is 15.9 Å². The van der Waals surface area contributed by atoms with Gasteiger partial charge in [0.1, 0.15) is 0 Å². The van der Waals surface area contributed by atoms with Crippen LogP contribution in [0.2, 0.25) is 0 Å². The van der Waals surface area contributed by atoms with Crippen molar-refractivity contribution in [2.75, 3.05) is 12.8 Å². The summed E-state index contributed by atoms with van der Waals surface area (Å²) in [7, 11) is -3.21. The number of aliphatic hydroxyl groups is 1. The molecule has 0 saturated heterocycles. The number of hydrogen-bond donors (Lipinski definition) is 2. The Bertz CT molecular complexity index is 738. The highest BCUT2D eigenvalue weighted by Crippen LogP contribution is 2.16. The van der Waals surface area contributed by atoms with Crippen molar-refractivity contribution in [1.29, 1.82) is 0 Å². The summed E-state index contributed by atoms with van der Waals surface area (Å²) >= 11 is 0. The molecule has 6 nitrogen and oxygen atoms in total. The minimum absolute atomic E-state index is 0.152. The van der Waals surface area contributed by atoms with Crippen molar-refractivity contribution in [3.05, 3.63) is 47.8 Å². The molecule has 7 heteroatoms. The van der Waals surface area contributed by atoms with Crippen LogP contribution in [0.4, 0.5) is 0 Å². The number of benzene rings is 1. The van der Waals surface area contributed by atoms with Crippen molar-refractivity contribution in [2.45, 2.75) is 37.4 Å². The molecule has 0 unspecified atom stereocenters. The summed E-state index contributed by atoms with van der Waals surface area (Å²) in [6.07, 6.45) is 4.26. The van der Waals surface area contributed by atoms with Crippen LogP contribution in [0.5, 0.6) is 0 Å². The molecule has 0 aliphatic rings. The molecule has 0 bridgehead atoms. The zero-order valence-corrected chi connectivity index (χ0v) is 14.4. The Morgan fingerprint density at radius 3 is 2.48 bits per heavy atom. The van der Waals surface area contributed by atoms with Gasteiger partial charge in [-0.15, -0.1) is 0 Å². The molecule has 0 saturated carbocycles. The number of nitrogens with one attached hydrogen (secondary N) is 1. The summed E-state index contributed by atoms with van der Waals surface area (Å²) in [5, 5.41) is 17.7. The standard InChI is InChI=1S/C16H23N3O3S/c1-12-8-18-19(10-12)11-13(2)17-9-16(20)14-4-6-15(7-5-14)23(3,21)22/h4-8,10,13,16-17,20H,9,11H2,1-3H3/t13-,16+/m0/s1. The zero-order valence-electron chi connectivity index (χ0n) is 13.6. The fraction of sp³-hybridized carbons (Fsp3) is 0.438. The van der Waals surface area contributed by atoms with Crippen LogP contribution in [0.25, 0.3) is 0 Å². The molecule has 23 heavy (non-hydrogen) atoms. The summed E-state index contributed by atoms with van der Waals surface area (Å²) in [4.78, 5) is 0.254. The molecule has 2 atom stereocenters. The Hall–Kier alpha value is -1.70. The Balaban J connectivity index is 1.87. The minimum Gasteiger partial charge on any atom is -0.387 e. The topological polar surface area (TPSA) is 84.2 Å². The van der Waals surface area contributed by atoms with Gasteiger partial charge in [0.25, 0.3) is 0 Å². The van der Waals surface area contributed by atoms with E-state index in [1.807, 2.05) is 30.9 Å². The van der Waals surface area contributed by atoms with Crippen LogP contribution in [0.15, 0.2) is 41.6 Å². The van der Waals surface area contributed by atoms with Crippen molar-refractivity contribution in [2.24, 2.45) is 0 Å². The van der Waals surface area contributed by atoms with E-state index in [0.29, 0.717) is 18.7 Å². The number of aromatic nitrogens is 2. The summed E-state index contributed by atoms with van der Waals surface area (Å²) in [6, 6.07) is 6.47. The van der Waals surface area contributed by atoms with Crippen LogP contribution in [0.1, 0.15) is 24.2 Å². The van der Waals surface area contributed by atoms with Crippen LogP contribution in [0.3, 0.4) is 0 Å². The van der Waals surface area contributed by atoms with Crippen LogP contribution >= 0.6 is 0 Å². The lowest BCUT2D eigenvalue weighted by Crippen LogP contribution is -2.33. The second kappa shape index (κ2) is 7.25. The summed E-state index contributed by atoms with van der Waals surface area (Å²) in [5.41, 5.74) is 1.80. The van der Waals surface area contributed by atoms with Gasteiger partial charge in [-0.1, -0.05) is 12.1 Å². The molecular weight excluding hydrogens is 314 g/mol. The van der Waals surface area contributed by atoms with E-state index >= 15 is 0 Å². The highest BCUT2D eigenvalue weighted by Gasteiger charge is 2.12. The average molecular weight is 337 g/mol. The Kier molecular flexibility index (Phi) is 5.56. The van der Waals surface area contributed by atoms with Crippen molar-refractivity contribution < 1.29 is 13.5 Å². The van der Waals surface area contributed by atoms with Crippen molar-refractivity contribution in [3.63, 3.8) is 0 Å². The van der Waals surface area contributed by atoms with Gasteiger partial charge in [-0.2, -0.15) is 5.10 Å². The molecular formula is C16H23N3O3S. The molecule has 0 fully saturated rings. The summed E-state index contributed by atoms with van der Waals surface area (Å²) in [6.45, 7) is 5.12. The van der Waals surface area contributed by atoms with E-state index in [2.05, 4.69) is 10.4 Å². The van der Waals surface area contributed by atoms with E-state index in [-0.39, 0.29) is 10.9 Å². The van der Waals surface area contributed by atoms with Gasteiger partial charge in [0.2, 0.25) is 0 Å². The van der Waals surface area contributed by atoms with Gasteiger partial charge in [0.15, 0.2) is 9.84 Å². The van der Waals surface area contributed by atoms with Gasteiger partial charge < -0.3 is 10.4 Å². The van der Waals surface area contributed by atoms with Gasteiger partial charge in [-0.3, -0.25) is 4.68 Å². The molecule has 2 aromatic rings. The first-order valence-corrected chi connectivity index (χ1v) is 9.35. The molecule has 0 spiro atoms. The third-order valence-corrected chi connectivity index (χ3v) is 4.70. The van der Waals surface area contributed by atoms with E-state index in [9.17, 15) is 13.5 Å². The number of rotatable bonds is 7. The highest BCUT2D eigenvalue weighted by molar-refractivity contribution is 7.90. The van der Waals surface area contributed by atoms with Gasteiger partial charge in [-0.25, -0.2) is 8.42 Å². The molecule has 2 N–H and O–H groups in total. The summed E-state index contributed by atoms with van der Waals surface area (Å²) < 4.78 is 24.7. The third-order valence-electron chi connectivity index (χ3n) is 3.58. The second-order valence-electron chi connectivity index (χ2n) is 5.91.